The Hall–Kier alpha value is -2.49. The van der Waals surface area contributed by atoms with Crippen LogP contribution in [0.5, 0.6) is 0 Å². The largest absolute Gasteiger partial charge is 0.457 e. The first-order valence-electron chi connectivity index (χ1n) is 6.63. The van der Waals surface area contributed by atoms with E-state index in [0.29, 0.717) is 12.0 Å². The number of esters is 1. The molecule has 3 nitrogen and oxygen atoms in total. The maximum atomic E-state index is 12.7. The fourth-order valence-corrected chi connectivity index (χ4v) is 1.83. The highest BCUT2D eigenvalue weighted by molar-refractivity contribution is 5.97. The van der Waals surface area contributed by atoms with E-state index in [-0.39, 0.29) is 18.8 Å². The summed E-state index contributed by atoms with van der Waals surface area (Å²) in [5.41, 5.74) is 1.37. The quantitative estimate of drug-likeness (QED) is 0.605. The van der Waals surface area contributed by atoms with E-state index in [4.69, 9.17) is 4.74 Å². The predicted octanol–water partition coefficient (Wildman–Crippen LogP) is 3.18. The molecule has 2 aromatic rings. The van der Waals surface area contributed by atoms with Crippen molar-refractivity contribution in [2.45, 2.75) is 12.8 Å². The lowest BCUT2D eigenvalue weighted by Gasteiger charge is -2.04. The number of ketones is 1. The number of Topliss-reactive ketones (excluding diaryl/α,β-unsaturated/α-hetero) is 1. The van der Waals surface area contributed by atoms with Crippen LogP contribution in [0, 0.1) is 5.82 Å². The van der Waals surface area contributed by atoms with Crippen LogP contribution in [0.15, 0.2) is 54.6 Å². The molecular weight excluding hydrogens is 271 g/mol. The van der Waals surface area contributed by atoms with Gasteiger partial charge in [0.25, 0.3) is 0 Å². The summed E-state index contributed by atoms with van der Waals surface area (Å²) in [6.45, 7) is -0.320. The molecule has 0 saturated carbocycles. The summed E-state index contributed by atoms with van der Waals surface area (Å²) in [4.78, 5) is 23.3. The van der Waals surface area contributed by atoms with Gasteiger partial charge in [-0.25, -0.2) is 4.39 Å². The minimum absolute atomic E-state index is 0.223. The highest BCUT2D eigenvalue weighted by Gasteiger charge is 2.10. The van der Waals surface area contributed by atoms with Crippen molar-refractivity contribution in [3.8, 4) is 0 Å². The molecule has 2 aromatic carbocycles. The fraction of sp³-hybridized carbons (Fsp3) is 0.176. The molecule has 0 aromatic heterocycles. The van der Waals surface area contributed by atoms with Crippen molar-refractivity contribution in [1.82, 2.24) is 0 Å². The van der Waals surface area contributed by atoms with E-state index in [9.17, 15) is 14.0 Å². The molecule has 0 aliphatic carbocycles. The maximum Gasteiger partial charge on any atom is 0.306 e. The first-order valence-corrected chi connectivity index (χ1v) is 6.63. The molecule has 0 spiro atoms. The number of aryl methyl sites for hydroxylation is 1. The normalized spacial score (nSPS) is 10.1. The number of carbonyl (C=O) groups excluding carboxylic acids is 2. The van der Waals surface area contributed by atoms with Gasteiger partial charge in [0.05, 0.1) is 0 Å². The molecule has 0 fully saturated rings. The van der Waals surface area contributed by atoms with E-state index < -0.39 is 11.8 Å². The third-order valence-electron chi connectivity index (χ3n) is 2.99. The number of halogens is 1. The second-order valence-electron chi connectivity index (χ2n) is 4.58. The summed E-state index contributed by atoms with van der Waals surface area (Å²) in [6.07, 6.45) is 0.797. The van der Waals surface area contributed by atoms with Gasteiger partial charge in [-0.05, 0) is 36.2 Å². The molecule has 0 aliphatic heterocycles. The number of hydrogen-bond donors (Lipinski definition) is 0. The van der Waals surface area contributed by atoms with Crippen LogP contribution in [0.1, 0.15) is 22.3 Å². The number of benzene rings is 2. The number of rotatable bonds is 6. The van der Waals surface area contributed by atoms with Crippen LogP contribution < -0.4 is 0 Å². The van der Waals surface area contributed by atoms with Crippen LogP contribution in [0.3, 0.4) is 0 Å². The lowest BCUT2D eigenvalue weighted by Crippen LogP contribution is -2.14. The molecule has 0 saturated heterocycles. The summed E-state index contributed by atoms with van der Waals surface area (Å²) >= 11 is 0. The molecule has 0 radical (unpaired) electrons. The highest BCUT2D eigenvalue weighted by atomic mass is 19.1. The molecule has 0 unspecified atom stereocenters. The van der Waals surface area contributed by atoms with Crippen LogP contribution in [0.4, 0.5) is 4.39 Å². The van der Waals surface area contributed by atoms with Crippen molar-refractivity contribution >= 4 is 11.8 Å². The Balaban J connectivity index is 1.76. The average molecular weight is 286 g/mol. The second-order valence-corrected chi connectivity index (χ2v) is 4.58. The number of carbonyl (C=O) groups is 2. The van der Waals surface area contributed by atoms with E-state index in [0.717, 1.165) is 5.56 Å². The monoisotopic (exact) mass is 286 g/mol. The first kappa shape index (κ1) is 14.9. The summed E-state index contributed by atoms with van der Waals surface area (Å²) in [6, 6.07) is 14.7. The van der Waals surface area contributed by atoms with E-state index in [1.54, 1.807) is 0 Å². The zero-order valence-electron chi connectivity index (χ0n) is 11.4. The van der Waals surface area contributed by atoms with E-state index in [1.165, 1.54) is 24.3 Å². The topological polar surface area (TPSA) is 43.4 Å². The third-order valence-corrected chi connectivity index (χ3v) is 2.99. The van der Waals surface area contributed by atoms with Crippen LogP contribution in [-0.2, 0) is 16.0 Å². The van der Waals surface area contributed by atoms with Gasteiger partial charge < -0.3 is 4.74 Å². The van der Waals surface area contributed by atoms with Crippen LogP contribution in [0.2, 0.25) is 0 Å². The van der Waals surface area contributed by atoms with Gasteiger partial charge >= 0.3 is 5.97 Å². The van der Waals surface area contributed by atoms with Crippen LogP contribution >= 0.6 is 0 Å². The predicted molar refractivity (Wildman–Crippen MR) is 76.5 cm³/mol. The van der Waals surface area contributed by atoms with Crippen LogP contribution in [-0.4, -0.2) is 18.4 Å². The first-order chi connectivity index (χ1) is 10.1. The average Bonchev–Trinajstić information content (AvgIpc) is 2.52. The summed E-state index contributed by atoms with van der Waals surface area (Å²) in [7, 11) is 0. The maximum absolute atomic E-state index is 12.7. The van der Waals surface area contributed by atoms with Gasteiger partial charge in [0, 0.05) is 12.0 Å². The molecule has 21 heavy (non-hydrogen) atoms. The van der Waals surface area contributed by atoms with Crippen LogP contribution in [0.25, 0.3) is 0 Å². The zero-order valence-corrected chi connectivity index (χ0v) is 11.4. The molecular formula is C17H15FO3. The van der Waals surface area contributed by atoms with Gasteiger partial charge in [-0.1, -0.05) is 30.3 Å². The minimum atomic E-state index is -0.422. The van der Waals surface area contributed by atoms with Gasteiger partial charge in [0.15, 0.2) is 12.4 Å². The van der Waals surface area contributed by atoms with Crippen molar-refractivity contribution in [1.29, 1.82) is 0 Å². The van der Waals surface area contributed by atoms with Gasteiger partial charge in [0.2, 0.25) is 0 Å². The minimum Gasteiger partial charge on any atom is -0.457 e. The Labute approximate surface area is 122 Å². The lowest BCUT2D eigenvalue weighted by atomic mass is 10.1. The standard InChI is InChI=1S/C17H15FO3/c18-15-9-7-14(8-10-15)16(19)12-21-17(20)11-6-13-4-2-1-3-5-13/h1-5,7-10H,6,11-12H2. The number of hydrogen-bond acceptors (Lipinski definition) is 3. The van der Waals surface area contributed by atoms with Crippen molar-refractivity contribution in [2.24, 2.45) is 0 Å². The fourth-order valence-electron chi connectivity index (χ4n) is 1.83. The van der Waals surface area contributed by atoms with Crippen molar-refractivity contribution in [3.63, 3.8) is 0 Å². The summed E-state index contributed by atoms with van der Waals surface area (Å²) in [5.74, 6) is -1.18. The van der Waals surface area contributed by atoms with E-state index >= 15 is 0 Å². The van der Waals surface area contributed by atoms with E-state index in [2.05, 4.69) is 0 Å². The number of ether oxygens (including phenoxy) is 1. The third kappa shape index (κ3) is 4.84. The van der Waals surface area contributed by atoms with Gasteiger partial charge in [-0.15, -0.1) is 0 Å². The van der Waals surface area contributed by atoms with Crippen molar-refractivity contribution in [3.05, 3.63) is 71.5 Å². The van der Waals surface area contributed by atoms with Crippen molar-refractivity contribution < 1.29 is 18.7 Å². The molecule has 0 atom stereocenters. The Morgan fingerprint density at radius 2 is 1.62 bits per heavy atom. The summed E-state index contributed by atoms with van der Waals surface area (Å²) < 4.78 is 17.7. The smallest absolute Gasteiger partial charge is 0.306 e. The SMILES string of the molecule is O=C(CCc1ccccc1)OCC(=O)c1ccc(F)cc1. The van der Waals surface area contributed by atoms with Crippen molar-refractivity contribution in [2.75, 3.05) is 6.61 Å². The molecule has 0 heterocycles. The molecule has 4 heteroatoms. The highest BCUT2D eigenvalue weighted by Crippen LogP contribution is 2.06. The Bertz CT molecular complexity index is 606. The second kappa shape index (κ2) is 7.33. The molecule has 0 N–H and O–H groups in total. The summed E-state index contributed by atoms with van der Waals surface area (Å²) in [5, 5.41) is 0. The van der Waals surface area contributed by atoms with E-state index in [1.807, 2.05) is 30.3 Å². The Morgan fingerprint density at radius 3 is 2.29 bits per heavy atom. The molecule has 0 amide bonds. The Kier molecular flexibility index (Phi) is 5.21. The van der Waals surface area contributed by atoms with Gasteiger partial charge in [-0.3, -0.25) is 9.59 Å². The molecule has 2 rings (SSSR count). The van der Waals surface area contributed by atoms with Gasteiger partial charge in [-0.2, -0.15) is 0 Å². The Morgan fingerprint density at radius 1 is 0.952 bits per heavy atom. The zero-order chi connectivity index (χ0) is 15.1. The molecule has 108 valence electrons. The lowest BCUT2D eigenvalue weighted by molar-refractivity contribution is -0.142. The molecule has 0 bridgehead atoms. The van der Waals surface area contributed by atoms with Gasteiger partial charge in [0.1, 0.15) is 5.82 Å². The molecule has 0 aliphatic rings.